The maximum atomic E-state index is 12.6. The van der Waals surface area contributed by atoms with Crippen LogP contribution in [0.1, 0.15) is 197 Å². The lowest BCUT2D eigenvalue weighted by Crippen LogP contribution is -2.50. The van der Waals surface area contributed by atoms with Crippen molar-refractivity contribution in [3.63, 3.8) is 0 Å². The molecule has 0 aliphatic heterocycles. The van der Waals surface area contributed by atoms with Crippen molar-refractivity contribution in [1.29, 1.82) is 0 Å². The second-order valence-corrected chi connectivity index (χ2v) is 26.6. The standard InChI is InChI=1S/C67H120N4O20/c1-54(2)58(73)86-42-44-90-60(75)68-52-66(8)48-56(46-64(4,5)50-66)70-62(77)88-40-24-22-38-84-36-20-18-34-82-32-16-14-30-80-28-12-10-26-79-27-11-13-29-81-31-15-17-33-83-35-19-21-37-85-39-23-25-41-89-63(78)71-57-47-65(6,7)51-67(9,49-57)53-69-61(76)91-45-43-87-59(74)55(3)72/h56-57H,1,10-53H2,2-9H3,(H,68,75)(H,69,76)(H,70,77)(H,71,78). The predicted molar refractivity (Wildman–Crippen MR) is 344 cm³/mol. The molecule has 24 heteroatoms. The third-order valence-corrected chi connectivity index (χ3v) is 15.4. The maximum absolute atomic E-state index is 12.6. The van der Waals surface area contributed by atoms with Crippen LogP contribution in [-0.2, 0) is 76.0 Å². The number of alkyl carbamates (subject to hydrolysis) is 4. The van der Waals surface area contributed by atoms with E-state index in [1.54, 1.807) is 6.92 Å². The molecule has 2 aliphatic carbocycles. The monoisotopic (exact) mass is 1300 g/mol. The van der Waals surface area contributed by atoms with Crippen molar-refractivity contribution in [3.8, 4) is 0 Å². The van der Waals surface area contributed by atoms with Gasteiger partial charge in [-0.3, -0.25) is 4.79 Å². The molecule has 0 radical (unpaired) electrons. The topological polar surface area (TPSA) is 288 Å². The molecular formula is C67H120N4O20. The zero-order chi connectivity index (χ0) is 66.9. The zero-order valence-electron chi connectivity index (χ0n) is 57.1. The van der Waals surface area contributed by atoms with Gasteiger partial charge in [0.15, 0.2) is 0 Å². The van der Waals surface area contributed by atoms with Crippen LogP contribution in [0, 0.1) is 21.7 Å². The highest BCUT2D eigenvalue weighted by Gasteiger charge is 2.43. The van der Waals surface area contributed by atoms with Crippen LogP contribution in [0.25, 0.3) is 0 Å². The van der Waals surface area contributed by atoms with Gasteiger partial charge in [0.25, 0.3) is 0 Å². The van der Waals surface area contributed by atoms with E-state index in [9.17, 15) is 33.6 Å². The van der Waals surface area contributed by atoms with Crippen molar-refractivity contribution in [1.82, 2.24) is 21.3 Å². The SMILES string of the molecule is C=C(C)C(=O)OCCOC(=O)NCC1(C)CC(NC(=O)OCCCCOCCCCOCCCCOCCCCOCCCCOCCCCOCCCCOCCCCOC(=O)NC2CC(C)(C)CC(C)(CNC(=O)OCCOC(=O)C(C)=O)C2)CC(C)(C)C1. The summed E-state index contributed by atoms with van der Waals surface area (Å²) in [7, 11) is 0. The average Bonchev–Trinajstić information content (AvgIpc) is 0.837. The Bertz CT molecular complexity index is 1890. The highest BCUT2D eigenvalue weighted by Crippen LogP contribution is 2.47. The largest absolute Gasteiger partial charge is 0.459 e. The Morgan fingerprint density at radius 1 is 0.330 bits per heavy atom. The molecule has 91 heavy (non-hydrogen) atoms. The molecule has 2 aliphatic rings. The van der Waals surface area contributed by atoms with E-state index in [0.717, 1.165) is 182 Å². The van der Waals surface area contributed by atoms with E-state index in [2.05, 4.69) is 69.4 Å². The van der Waals surface area contributed by atoms with Gasteiger partial charge in [0.1, 0.15) is 26.4 Å². The van der Waals surface area contributed by atoms with E-state index in [-0.39, 0.29) is 65.7 Å². The third kappa shape index (κ3) is 46.0. The Balaban J connectivity index is 1.25. The van der Waals surface area contributed by atoms with Crippen LogP contribution in [-0.4, -0.2) is 199 Å². The lowest BCUT2D eigenvalue weighted by molar-refractivity contribution is -0.153. The Kier molecular flexibility index (Phi) is 44.9. The first kappa shape index (κ1) is 82.2. The number of nitrogens with one attached hydrogen (secondary N) is 4. The Labute approximate surface area is 544 Å². The van der Waals surface area contributed by atoms with Crippen LogP contribution in [0.15, 0.2) is 12.2 Å². The van der Waals surface area contributed by atoms with Crippen LogP contribution in [0.3, 0.4) is 0 Å². The fourth-order valence-corrected chi connectivity index (χ4v) is 11.7. The molecular weight excluding hydrogens is 1180 g/mol. The summed E-state index contributed by atoms with van der Waals surface area (Å²) >= 11 is 0. The minimum absolute atomic E-state index is 0.0444. The predicted octanol–water partition coefficient (Wildman–Crippen LogP) is 10.7. The van der Waals surface area contributed by atoms with Crippen LogP contribution < -0.4 is 21.3 Å². The van der Waals surface area contributed by atoms with Gasteiger partial charge in [0, 0.05) is 130 Å². The van der Waals surface area contributed by atoms with Crippen molar-refractivity contribution < 1.29 is 95.1 Å². The van der Waals surface area contributed by atoms with Crippen molar-refractivity contribution >= 4 is 42.1 Å². The number of unbranched alkanes of at least 4 members (excludes halogenated alkanes) is 8. The highest BCUT2D eigenvalue weighted by atomic mass is 16.6. The van der Waals surface area contributed by atoms with Crippen LogP contribution >= 0.6 is 0 Å². The molecule has 4 N–H and O–H groups in total. The molecule has 0 heterocycles. The lowest BCUT2D eigenvalue weighted by atomic mass is 9.62. The summed E-state index contributed by atoms with van der Waals surface area (Å²) < 4.78 is 71.2. The second kappa shape index (κ2) is 49.7. The molecule has 2 fully saturated rings. The summed E-state index contributed by atoms with van der Waals surface area (Å²) in [6.07, 6.45) is 17.2. The molecule has 0 aromatic carbocycles. The van der Waals surface area contributed by atoms with Crippen LogP contribution in [0.2, 0.25) is 0 Å². The third-order valence-electron chi connectivity index (χ3n) is 15.4. The van der Waals surface area contributed by atoms with Gasteiger partial charge < -0.3 is 82.8 Å². The number of Topliss-reactive ketones (excluding diaryl/α,β-unsaturated/α-hetero) is 1. The molecule has 0 aromatic heterocycles. The summed E-state index contributed by atoms with van der Waals surface area (Å²) in [6, 6.07) is -0.206. The van der Waals surface area contributed by atoms with Gasteiger partial charge in [0.2, 0.25) is 5.78 Å². The number of rotatable bonds is 54. The molecule has 24 nitrogen and oxygen atoms in total. The number of amides is 4. The minimum atomic E-state index is -0.971. The number of esters is 2. The zero-order valence-corrected chi connectivity index (χ0v) is 57.1. The molecule has 4 atom stereocenters. The van der Waals surface area contributed by atoms with Gasteiger partial charge >= 0.3 is 36.3 Å². The molecule has 4 unspecified atom stereocenters. The fraction of sp³-hybridized carbons (Fsp3) is 0.866. The minimum Gasteiger partial charge on any atom is -0.459 e. The van der Waals surface area contributed by atoms with E-state index in [4.69, 9.17) is 61.6 Å². The number of carbonyl (C=O) groups is 7. The molecule has 0 spiro atoms. The summed E-state index contributed by atoms with van der Waals surface area (Å²) in [5, 5.41) is 11.7. The lowest BCUT2D eigenvalue weighted by Gasteiger charge is -2.46. The summed E-state index contributed by atoms with van der Waals surface area (Å²) in [5.41, 5.74) is -0.405. The van der Waals surface area contributed by atoms with E-state index >= 15 is 0 Å². The van der Waals surface area contributed by atoms with E-state index in [1.165, 1.54) is 0 Å². The fourth-order valence-electron chi connectivity index (χ4n) is 11.7. The van der Waals surface area contributed by atoms with Crippen LogP contribution in [0.5, 0.6) is 0 Å². The first-order valence-electron chi connectivity index (χ1n) is 33.7. The summed E-state index contributed by atoms with van der Waals surface area (Å²) in [6.45, 7) is 29.8. The molecule has 528 valence electrons. The number of ether oxygens (including phenoxy) is 13. The number of hydrogen-bond acceptors (Lipinski definition) is 20. The number of hydrogen-bond donors (Lipinski definition) is 4. The second-order valence-electron chi connectivity index (χ2n) is 26.6. The normalized spacial score (nSPS) is 19.1. The van der Waals surface area contributed by atoms with Crippen molar-refractivity contribution in [2.75, 3.05) is 145 Å². The molecule has 0 aromatic rings. The smallest absolute Gasteiger partial charge is 0.407 e. The van der Waals surface area contributed by atoms with E-state index < -0.39 is 42.1 Å². The molecule has 0 saturated heterocycles. The van der Waals surface area contributed by atoms with Gasteiger partial charge in [-0.05, 0) is 170 Å². The Morgan fingerprint density at radius 2 is 0.571 bits per heavy atom. The van der Waals surface area contributed by atoms with E-state index in [0.29, 0.717) is 85.0 Å². The van der Waals surface area contributed by atoms with Crippen molar-refractivity contribution in [2.45, 2.75) is 209 Å². The first-order chi connectivity index (χ1) is 43.5. The summed E-state index contributed by atoms with van der Waals surface area (Å²) in [4.78, 5) is 83.5. The quantitative estimate of drug-likeness (QED) is 0.0145. The van der Waals surface area contributed by atoms with Gasteiger partial charge in [0.05, 0.1) is 13.2 Å². The van der Waals surface area contributed by atoms with Crippen molar-refractivity contribution in [3.05, 3.63) is 12.2 Å². The Hall–Kier alpha value is -4.85. The van der Waals surface area contributed by atoms with E-state index in [1.807, 2.05) is 0 Å². The molecule has 2 rings (SSSR count). The maximum Gasteiger partial charge on any atom is 0.407 e. The van der Waals surface area contributed by atoms with Crippen LogP contribution in [0.4, 0.5) is 19.2 Å². The molecule has 2 saturated carbocycles. The number of carbonyl (C=O) groups excluding carboxylic acids is 7. The van der Waals surface area contributed by atoms with Crippen molar-refractivity contribution in [2.24, 2.45) is 21.7 Å². The van der Waals surface area contributed by atoms with Gasteiger partial charge in [-0.25, -0.2) is 28.8 Å². The average molecular weight is 1300 g/mol. The van der Waals surface area contributed by atoms with Gasteiger partial charge in [-0.1, -0.05) is 48.1 Å². The number of ketones is 1. The highest BCUT2D eigenvalue weighted by molar-refractivity contribution is 6.32. The summed E-state index contributed by atoms with van der Waals surface area (Å²) in [5.74, 6) is -2.22. The first-order valence-corrected chi connectivity index (χ1v) is 33.7. The Morgan fingerprint density at radius 3 is 0.835 bits per heavy atom. The molecule has 0 bridgehead atoms. The van der Waals surface area contributed by atoms with Gasteiger partial charge in [-0.2, -0.15) is 0 Å². The van der Waals surface area contributed by atoms with Gasteiger partial charge in [-0.15, -0.1) is 0 Å². The molecule has 4 amide bonds.